The molecular formula is C22H25NO2. The number of ketones is 1. The van der Waals surface area contributed by atoms with Crippen LogP contribution in [-0.2, 0) is 11.3 Å². The van der Waals surface area contributed by atoms with Crippen molar-refractivity contribution in [1.82, 2.24) is 4.90 Å². The van der Waals surface area contributed by atoms with E-state index in [1.807, 2.05) is 50.3 Å². The molecule has 1 aliphatic heterocycles. The fourth-order valence-corrected chi connectivity index (χ4v) is 3.08. The maximum Gasteiger partial charge on any atom is 0.161 e. The SMILES string of the molecule is CC(C)Oc1cccc(/C=C2\CN(Cc3ccccc3)CCC2=O)c1. The van der Waals surface area contributed by atoms with Crippen molar-refractivity contribution >= 4 is 11.9 Å². The Kier molecular flexibility index (Phi) is 5.67. The van der Waals surface area contributed by atoms with Gasteiger partial charge in [-0.05, 0) is 43.2 Å². The van der Waals surface area contributed by atoms with Crippen LogP contribution in [0.4, 0.5) is 0 Å². The molecule has 3 nitrogen and oxygen atoms in total. The predicted octanol–water partition coefficient (Wildman–Crippen LogP) is 4.33. The van der Waals surface area contributed by atoms with Crippen LogP contribution in [0.2, 0.25) is 0 Å². The molecule has 3 heteroatoms. The second-order valence-electron chi connectivity index (χ2n) is 6.78. The minimum Gasteiger partial charge on any atom is -0.491 e. The summed E-state index contributed by atoms with van der Waals surface area (Å²) in [6.07, 6.45) is 2.73. The van der Waals surface area contributed by atoms with Gasteiger partial charge in [-0.1, -0.05) is 42.5 Å². The molecule has 2 aromatic rings. The highest BCUT2D eigenvalue weighted by Gasteiger charge is 2.21. The van der Waals surface area contributed by atoms with Gasteiger partial charge in [0.25, 0.3) is 0 Å². The van der Waals surface area contributed by atoms with Crippen LogP contribution < -0.4 is 4.74 Å². The number of rotatable bonds is 5. The molecule has 25 heavy (non-hydrogen) atoms. The smallest absolute Gasteiger partial charge is 0.161 e. The lowest BCUT2D eigenvalue weighted by atomic mass is 9.99. The summed E-state index contributed by atoms with van der Waals surface area (Å²) in [4.78, 5) is 14.7. The fourth-order valence-electron chi connectivity index (χ4n) is 3.08. The first kappa shape index (κ1) is 17.4. The highest BCUT2D eigenvalue weighted by Crippen LogP contribution is 2.21. The molecule has 1 heterocycles. The Morgan fingerprint density at radius 3 is 2.68 bits per heavy atom. The van der Waals surface area contributed by atoms with E-state index in [1.54, 1.807) is 0 Å². The largest absolute Gasteiger partial charge is 0.491 e. The standard InChI is InChI=1S/C22H25NO2/c1-17(2)25-21-10-6-9-19(14-21)13-20-16-23(12-11-22(20)24)15-18-7-4-3-5-8-18/h3-10,13-14,17H,11-12,15-16H2,1-2H3/b20-13+. The van der Waals surface area contributed by atoms with Crippen LogP contribution in [0.5, 0.6) is 5.75 Å². The first-order chi connectivity index (χ1) is 12.1. The summed E-state index contributed by atoms with van der Waals surface area (Å²) in [5, 5.41) is 0. The maximum atomic E-state index is 12.3. The topological polar surface area (TPSA) is 29.5 Å². The second-order valence-corrected chi connectivity index (χ2v) is 6.78. The lowest BCUT2D eigenvalue weighted by Gasteiger charge is -2.27. The number of piperidine rings is 1. The molecule has 1 fully saturated rings. The van der Waals surface area contributed by atoms with E-state index in [2.05, 4.69) is 29.2 Å². The third-order valence-electron chi connectivity index (χ3n) is 4.23. The number of hydrogen-bond donors (Lipinski definition) is 0. The molecule has 0 atom stereocenters. The zero-order chi connectivity index (χ0) is 17.6. The van der Waals surface area contributed by atoms with Gasteiger partial charge in [0.2, 0.25) is 0 Å². The number of carbonyl (C=O) groups excluding carboxylic acids is 1. The van der Waals surface area contributed by atoms with Crippen LogP contribution in [0.25, 0.3) is 6.08 Å². The summed E-state index contributed by atoms with van der Waals surface area (Å²) in [5.74, 6) is 1.09. The molecule has 0 bridgehead atoms. The highest BCUT2D eigenvalue weighted by atomic mass is 16.5. The van der Waals surface area contributed by atoms with Gasteiger partial charge in [-0.25, -0.2) is 0 Å². The van der Waals surface area contributed by atoms with Crippen molar-refractivity contribution in [3.05, 3.63) is 71.3 Å². The molecule has 0 saturated carbocycles. The van der Waals surface area contributed by atoms with Crippen LogP contribution in [0.15, 0.2) is 60.2 Å². The van der Waals surface area contributed by atoms with E-state index in [0.29, 0.717) is 13.0 Å². The minimum atomic E-state index is 0.139. The molecular weight excluding hydrogens is 310 g/mol. The zero-order valence-corrected chi connectivity index (χ0v) is 14.9. The van der Waals surface area contributed by atoms with E-state index in [-0.39, 0.29) is 11.9 Å². The lowest BCUT2D eigenvalue weighted by molar-refractivity contribution is -0.117. The predicted molar refractivity (Wildman–Crippen MR) is 102 cm³/mol. The number of ether oxygens (including phenoxy) is 1. The minimum absolute atomic E-state index is 0.139. The van der Waals surface area contributed by atoms with Gasteiger partial charge in [-0.3, -0.25) is 9.69 Å². The molecule has 0 unspecified atom stereocenters. The quantitative estimate of drug-likeness (QED) is 0.762. The molecule has 3 rings (SSSR count). The van der Waals surface area contributed by atoms with Crippen molar-refractivity contribution in [2.75, 3.05) is 13.1 Å². The number of benzene rings is 2. The van der Waals surface area contributed by atoms with Gasteiger partial charge in [-0.15, -0.1) is 0 Å². The summed E-state index contributed by atoms with van der Waals surface area (Å²) in [6, 6.07) is 18.3. The number of nitrogens with zero attached hydrogens (tertiary/aromatic N) is 1. The molecule has 0 radical (unpaired) electrons. The first-order valence-corrected chi connectivity index (χ1v) is 8.87. The number of carbonyl (C=O) groups is 1. The second kappa shape index (κ2) is 8.13. The molecule has 0 aliphatic carbocycles. The molecule has 0 amide bonds. The van der Waals surface area contributed by atoms with Crippen molar-refractivity contribution in [3.63, 3.8) is 0 Å². The summed E-state index contributed by atoms with van der Waals surface area (Å²) in [7, 11) is 0. The zero-order valence-electron chi connectivity index (χ0n) is 14.9. The van der Waals surface area contributed by atoms with Crippen LogP contribution in [0.1, 0.15) is 31.4 Å². The van der Waals surface area contributed by atoms with Gasteiger partial charge in [-0.2, -0.15) is 0 Å². The van der Waals surface area contributed by atoms with E-state index < -0.39 is 0 Å². The van der Waals surface area contributed by atoms with Gasteiger partial charge >= 0.3 is 0 Å². The third kappa shape index (κ3) is 5.04. The Morgan fingerprint density at radius 1 is 1.12 bits per heavy atom. The Hall–Kier alpha value is -2.39. The lowest BCUT2D eigenvalue weighted by Crippen LogP contribution is -2.35. The van der Waals surface area contributed by atoms with Gasteiger partial charge in [0.15, 0.2) is 5.78 Å². The number of likely N-dealkylation sites (tertiary alicyclic amines) is 1. The van der Waals surface area contributed by atoms with Crippen molar-refractivity contribution in [1.29, 1.82) is 0 Å². The van der Waals surface area contributed by atoms with Crippen LogP contribution >= 0.6 is 0 Å². The summed E-state index contributed by atoms with van der Waals surface area (Å²) < 4.78 is 5.75. The maximum absolute atomic E-state index is 12.3. The molecule has 0 N–H and O–H groups in total. The van der Waals surface area contributed by atoms with Crippen molar-refractivity contribution in [3.8, 4) is 5.75 Å². The molecule has 2 aromatic carbocycles. The molecule has 0 aromatic heterocycles. The van der Waals surface area contributed by atoms with Crippen molar-refractivity contribution < 1.29 is 9.53 Å². The third-order valence-corrected chi connectivity index (χ3v) is 4.23. The van der Waals surface area contributed by atoms with Gasteiger partial charge in [0.05, 0.1) is 6.10 Å². The summed E-state index contributed by atoms with van der Waals surface area (Å²) in [6.45, 7) is 6.42. The van der Waals surface area contributed by atoms with Crippen LogP contribution in [0.3, 0.4) is 0 Å². The van der Waals surface area contributed by atoms with Crippen LogP contribution in [0, 0.1) is 0 Å². The Bertz CT molecular complexity index is 750. The van der Waals surface area contributed by atoms with Gasteiger partial charge < -0.3 is 4.74 Å². The van der Waals surface area contributed by atoms with Crippen LogP contribution in [-0.4, -0.2) is 29.9 Å². The van der Waals surface area contributed by atoms with Crippen molar-refractivity contribution in [2.45, 2.75) is 32.9 Å². The Balaban J connectivity index is 1.73. The number of hydrogen-bond acceptors (Lipinski definition) is 3. The normalized spacial score (nSPS) is 17.2. The Labute approximate surface area is 149 Å². The van der Waals surface area contributed by atoms with E-state index in [9.17, 15) is 4.79 Å². The molecule has 130 valence electrons. The first-order valence-electron chi connectivity index (χ1n) is 8.87. The van der Waals surface area contributed by atoms with E-state index in [1.165, 1.54) is 5.56 Å². The monoisotopic (exact) mass is 335 g/mol. The van der Waals surface area contributed by atoms with E-state index in [0.717, 1.165) is 30.0 Å². The fraction of sp³-hybridized carbons (Fsp3) is 0.318. The average molecular weight is 335 g/mol. The molecule has 0 spiro atoms. The van der Waals surface area contributed by atoms with E-state index in [4.69, 9.17) is 4.74 Å². The van der Waals surface area contributed by atoms with E-state index >= 15 is 0 Å². The number of Topliss-reactive ketones (excluding diaryl/α,β-unsaturated/α-hetero) is 1. The summed E-state index contributed by atoms with van der Waals surface area (Å²) in [5.41, 5.74) is 3.18. The molecule has 1 saturated heterocycles. The Morgan fingerprint density at radius 2 is 1.92 bits per heavy atom. The molecule has 1 aliphatic rings. The van der Waals surface area contributed by atoms with Crippen molar-refractivity contribution in [2.24, 2.45) is 0 Å². The average Bonchev–Trinajstić information content (AvgIpc) is 2.59. The van der Waals surface area contributed by atoms with Gasteiger partial charge in [0, 0.05) is 31.6 Å². The highest BCUT2D eigenvalue weighted by molar-refractivity contribution is 6.00. The van der Waals surface area contributed by atoms with Gasteiger partial charge in [0.1, 0.15) is 5.75 Å². The summed E-state index contributed by atoms with van der Waals surface area (Å²) >= 11 is 0.